The number of nitriles is 1. The topological polar surface area (TPSA) is 91.0 Å². The molecule has 0 amide bonds. The molecule has 0 saturated heterocycles. The minimum atomic E-state index is -1.22. The fourth-order valence-corrected chi connectivity index (χ4v) is 2.18. The van der Waals surface area contributed by atoms with Crippen LogP contribution in [0.25, 0.3) is 0 Å². The average molecular weight is 238 g/mol. The third kappa shape index (κ3) is 4.19. The molecule has 1 unspecified atom stereocenters. The molecular formula is C10H10N2O3S. The Morgan fingerprint density at radius 1 is 1.62 bits per heavy atom. The van der Waals surface area contributed by atoms with Crippen LogP contribution in [0, 0.1) is 11.3 Å². The molecule has 84 valence electrons. The van der Waals surface area contributed by atoms with Gasteiger partial charge in [-0.05, 0) is 17.7 Å². The standard InChI is InChI=1S/C10H10N2O3S/c11-6-9-5-8(1-3-12-9)7-16(15)4-2-10(13)14/h1,3,5H,2,4,7H2,(H,13,14). The number of pyridine rings is 1. The maximum atomic E-state index is 11.5. The first-order valence-electron chi connectivity index (χ1n) is 4.53. The Labute approximate surface area is 95.2 Å². The van der Waals surface area contributed by atoms with E-state index in [9.17, 15) is 9.00 Å². The van der Waals surface area contributed by atoms with Crippen molar-refractivity contribution in [2.45, 2.75) is 12.2 Å². The number of carboxylic acid groups (broad SMARTS) is 1. The number of hydrogen-bond donors (Lipinski definition) is 1. The SMILES string of the molecule is N#Cc1cc(CS(=O)CCC(=O)O)ccn1. The van der Waals surface area contributed by atoms with Crippen molar-refractivity contribution in [3.8, 4) is 6.07 Å². The predicted octanol–water partition coefficient (Wildman–Crippen LogP) is 0.677. The van der Waals surface area contributed by atoms with E-state index < -0.39 is 16.8 Å². The summed E-state index contributed by atoms with van der Waals surface area (Å²) in [4.78, 5) is 14.1. The summed E-state index contributed by atoms with van der Waals surface area (Å²) in [6.45, 7) is 0. The van der Waals surface area contributed by atoms with Crippen LogP contribution in [-0.4, -0.2) is 26.0 Å². The molecule has 0 aromatic carbocycles. The smallest absolute Gasteiger partial charge is 0.304 e. The Balaban J connectivity index is 2.56. The van der Waals surface area contributed by atoms with Gasteiger partial charge in [0, 0.05) is 28.5 Å². The zero-order valence-electron chi connectivity index (χ0n) is 8.42. The van der Waals surface area contributed by atoms with Crippen molar-refractivity contribution in [2.24, 2.45) is 0 Å². The second-order valence-electron chi connectivity index (χ2n) is 3.09. The van der Waals surface area contributed by atoms with Crippen LogP contribution in [0.15, 0.2) is 18.3 Å². The van der Waals surface area contributed by atoms with Gasteiger partial charge >= 0.3 is 5.97 Å². The van der Waals surface area contributed by atoms with Gasteiger partial charge in [-0.1, -0.05) is 0 Å². The van der Waals surface area contributed by atoms with Gasteiger partial charge in [0.1, 0.15) is 11.8 Å². The van der Waals surface area contributed by atoms with Gasteiger partial charge < -0.3 is 5.11 Å². The molecule has 0 fully saturated rings. The maximum Gasteiger partial charge on any atom is 0.304 e. The van der Waals surface area contributed by atoms with Crippen LogP contribution in [0.5, 0.6) is 0 Å². The maximum absolute atomic E-state index is 11.5. The summed E-state index contributed by atoms with van der Waals surface area (Å²) in [5, 5.41) is 17.0. The van der Waals surface area contributed by atoms with E-state index in [0.29, 0.717) is 0 Å². The first-order valence-corrected chi connectivity index (χ1v) is 6.02. The molecule has 0 aliphatic carbocycles. The van der Waals surface area contributed by atoms with E-state index in [0.717, 1.165) is 5.56 Å². The largest absolute Gasteiger partial charge is 0.481 e. The first-order chi connectivity index (χ1) is 7.61. The lowest BCUT2D eigenvalue weighted by atomic mass is 10.2. The number of carboxylic acids is 1. The molecule has 16 heavy (non-hydrogen) atoms. The molecule has 1 N–H and O–H groups in total. The summed E-state index contributed by atoms with van der Waals surface area (Å²) in [6, 6.07) is 5.11. The van der Waals surface area contributed by atoms with E-state index in [1.807, 2.05) is 6.07 Å². The van der Waals surface area contributed by atoms with Gasteiger partial charge in [-0.25, -0.2) is 4.98 Å². The lowest BCUT2D eigenvalue weighted by molar-refractivity contribution is -0.136. The van der Waals surface area contributed by atoms with Crippen LogP contribution in [0.1, 0.15) is 17.7 Å². The normalized spacial score (nSPS) is 11.7. The van der Waals surface area contributed by atoms with E-state index in [1.165, 1.54) is 6.20 Å². The summed E-state index contributed by atoms with van der Waals surface area (Å²) in [5.41, 5.74) is 1.00. The van der Waals surface area contributed by atoms with Crippen LogP contribution in [0.3, 0.4) is 0 Å². The predicted molar refractivity (Wildman–Crippen MR) is 57.9 cm³/mol. The molecule has 0 radical (unpaired) electrons. The first kappa shape index (κ1) is 12.3. The number of aromatic nitrogens is 1. The van der Waals surface area contributed by atoms with Gasteiger partial charge in [0.2, 0.25) is 0 Å². The Kier molecular flexibility index (Phi) is 4.61. The molecular weight excluding hydrogens is 228 g/mol. The molecule has 1 aromatic heterocycles. The fourth-order valence-electron chi connectivity index (χ4n) is 1.08. The van der Waals surface area contributed by atoms with Crippen LogP contribution in [-0.2, 0) is 21.3 Å². The van der Waals surface area contributed by atoms with Crippen molar-refractivity contribution in [3.05, 3.63) is 29.6 Å². The minimum absolute atomic E-state index is 0.108. The molecule has 0 aliphatic heterocycles. The van der Waals surface area contributed by atoms with Gasteiger partial charge in [-0.15, -0.1) is 0 Å². The molecule has 6 heteroatoms. The second-order valence-corrected chi connectivity index (χ2v) is 4.67. The lowest BCUT2D eigenvalue weighted by Gasteiger charge is -2.00. The quantitative estimate of drug-likeness (QED) is 0.814. The van der Waals surface area contributed by atoms with Crippen LogP contribution < -0.4 is 0 Å². The minimum Gasteiger partial charge on any atom is -0.481 e. The molecule has 1 heterocycles. The summed E-state index contributed by atoms with van der Waals surface area (Å²) in [7, 11) is -1.22. The van der Waals surface area contributed by atoms with Crippen molar-refractivity contribution >= 4 is 16.8 Å². The van der Waals surface area contributed by atoms with Crippen LogP contribution in [0.2, 0.25) is 0 Å². The van der Waals surface area contributed by atoms with E-state index >= 15 is 0 Å². The number of nitrogens with zero attached hydrogens (tertiary/aromatic N) is 2. The van der Waals surface area contributed by atoms with Gasteiger partial charge in [-0.2, -0.15) is 5.26 Å². The Bertz CT molecular complexity index is 454. The molecule has 1 atom stereocenters. The van der Waals surface area contributed by atoms with Crippen molar-refractivity contribution in [1.29, 1.82) is 5.26 Å². The van der Waals surface area contributed by atoms with Crippen LogP contribution >= 0.6 is 0 Å². The van der Waals surface area contributed by atoms with E-state index in [1.54, 1.807) is 12.1 Å². The summed E-state index contributed by atoms with van der Waals surface area (Å²) in [6.07, 6.45) is 1.37. The van der Waals surface area contributed by atoms with Gasteiger partial charge in [0.15, 0.2) is 0 Å². The molecule has 1 aromatic rings. The van der Waals surface area contributed by atoms with Crippen molar-refractivity contribution in [2.75, 3.05) is 5.75 Å². The number of rotatable bonds is 5. The summed E-state index contributed by atoms with van der Waals surface area (Å²) < 4.78 is 11.5. The molecule has 0 saturated carbocycles. The molecule has 0 aliphatic rings. The van der Waals surface area contributed by atoms with Crippen molar-refractivity contribution in [1.82, 2.24) is 4.98 Å². The lowest BCUT2D eigenvalue weighted by Crippen LogP contribution is -2.06. The third-order valence-corrected chi connectivity index (χ3v) is 3.12. The van der Waals surface area contributed by atoms with E-state index in [-0.39, 0.29) is 23.6 Å². The summed E-state index contributed by atoms with van der Waals surface area (Å²) in [5.74, 6) is -0.579. The third-order valence-electron chi connectivity index (χ3n) is 1.81. The highest BCUT2D eigenvalue weighted by atomic mass is 32.2. The highest BCUT2D eigenvalue weighted by Gasteiger charge is 2.05. The number of hydrogen-bond acceptors (Lipinski definition) is 4. The highest BCUT2D eigenvalue weighted by Crippen LogP contribution is 2.05. The van der Waals surface area contributed by atoms with E-state index in [4.69, 9.17) is 10.4 Å². The van der Waals surface area contributed by atoms with Gasteiger partial charge in [0.05, 0.1) is 6.42 Å². The Morgan fingerprint density at radius 2 is 2.38 bits per heavy atom. The molecule has 5 nitrogen and oxygen atoms in total. The van der Waals surface area contributed by atoms with Gasteiger partial charge in [0.25, 0.3) is 0 Å². The Hall–Kier alpha value is -1.74. The monoisotopic (exact) mass is 238 g/mol. The van der Waals surface area contributed by atoms with Crippen LogP contribution in [0.4, 0.5) is 0 Å². The zero-order chi connectivity index (χ0) is 12.0. The van der Waals surface area contributed by atoms with Gasteiger partial charge in [-0.3, -0.25) is 9.00 Å². The highest BCUT2D eigenvalue weighted by molar-refractivity contribution is 7.84. The summed E-state index contributed by atoms with van der Waals surface area (Å²) >= 11 is 0. The average Bonchev–Trinajstić information content (AvgIpc) is 2.26. The zero-order valence-corrected chi connectivity index (χ0v) is 9.24. The van der Waals surface area contributed by atoms with Crippen molar-refractivity contribution in [3.63, 3.8) is 0 Å². The van der Waals surface area contributed by atoms with Crippen molar-refractivity contribution < 1.29 is 14.1 Å². The second kappa shape index (κ2) is 5.98. The van der Waals surface area contributed by atoms with E-state index in [2.05, 4.69) is 4.98 Å². The Morgan fingerprint density at radius 3 is 3.00 bits per heavy atom. The number of carbonyl (C=O) groups is 1. The fraction of sp³-hybridized carbons (Fsp3) is 0.300. The molecule has 0 spiro atoms. The molecule has 1 rings (SSSR count). The number of aliphatic carboxylic acids is 1. The molecule has 0 bridgehead atoms.